The lowest BCUT2D eigenvalue weighted by molar-refractivity contribution is -0.138. The quantitative estimate of drug-likeness (QED) is 0.850. The fourth-order valence-electron chi connectivity index (χ4n) is 1.97. The molecule has 5 heteroatoms. The number of benzene rings is 1. The third-order valence-corrected chi connectivity index (χ3v) is 2.82. The normalized spacial score (nSPS) is 15.9. The number of hydrogen-bond acceptors (Lipinski definition) is 3. The molecule has 0 saturated carbocycles. The highest BCUT2D eigenvalue weighted by Crippen LogP contribution is 2.28. The maximum atomic E-state index is 12.9. The predicted molar refractivity (Wildman–Crippen MR) is 67.5 cm³/mol. The molecule has 2 amide bonds. The Hall–Kier alpha value is -2.17. The van der Waals surface area contributed by atoms with E-state index in [0.717, 1.165) is 4.90 Å². The van der Waals surface area contributed by atoms with Gasteiger partial charge in [0, 0.05) is 6.54 Å². The molecule has 0 aliphatic carbocycles. The zero-order valence-corrected chi connectivity index (χ0v) is 10.7. The molecule has 1 aromatic carbocycles. The van der Waals surface area contributed by atoms with Gasteiger partial charge in [-0.3, -0.25) is 14.5 Å². The summed E-state index contributed by atoms with van der Waals surface area (Å²) in [5.41, 5.74) is 0.272. The van der Waals surface area contributed by atoms with E-state index < -0.39 is 23.4 Å². The molecular formula is C14H14FNO3. The van der Waals surface area contributed by atoms with Crippen LogP contribution in [0.2, 0.25) is 0 Å². The van der Waals surface area contributed by atoms with Crippen LogP contribution in [0.15, 0.2) is 30.0 Å². The van der Waals surface area contributed by atoms with Crippen LogP contribution >= 0.6 is 0 Å². The standard InChI is InChI=1S/C14H14FNO3/c1-8(2)7-16-13(18)11(12(17)14(16)19)9-3-5-10(15)6-4-9/h3-6,8,17H,7H2,1-2H3. The number of halogens is 1. The van der Waals surface area contributed by atoms with Crippen LogP contribution in [-0.2, 0) is 9.59 Å². The number of aliphatic hydroxyl groups excluding tert-OH is 1. The average Bonchev–Trinajstić information content (AvgIpc) is 2.55. The summed E-state index contributed by atoms with van der Waals surface area (Å²) in [7, 11) is 0. The van der Waals surface area contributed by atoms with E-state index in [9.17, 15) is 19.1 Å². The minimum atomic E-state index is -0.696. The van der Waals surface area contributed by atoms with Gasteiger partial charge in [0.15, 0.2) is 5.76 Å². The molecule has 0 unspecified atom stereocenters. The molecule has 100 valence electrons. The molecule has 0 atom stereocenters. The molecule has 1 heterocycles. The Bertz CT molecular complexity index is 561. The molecule has 0 bridgehead atoms. The molecule has 1 aliphatic rings. The molecule has 19 heavy (non-hydrogen) atoms. The van der Waals surface area contributed by atoms with E-state index in [1.807, 2.05) is 13.8 Å². The largest absolute Gasteiger partial charge is 0.502 e. The first-order valence-corrected chi connectivity index (χ1v) is 5.97. The molecule has 0 saturated heterocycles. The van der Waals surface area contributed by atoms with Crippen molar-refractivity contribution in [3.63, 3.8) is 0 Å². The smallest absolute Gasteiger partial charge is 0.296 e. The zero-order chi connectivity index (χ0) is 14.2. The lowest BCUT2D eigenvalue weighted by atomic mass is 10.1. The van der Waals surface area contributed by atoms with E-state index in [1.165, 1.54) is 24.3 Å². The second-order valence-electron chi connectivity index (χ2n) is 4.85. The van der Waals surface area contributed by atoms with Crippen molar-refractivity contribution in [2.75, 3.05) is 6.54 Å². The van der Waals surface area contributed by atoms with Crippen LogP contribution in [0.4, 0.5) is 4.39 Å². The van der Waals surface area contributed by atoms with Crippen LogP contribution in [-0.4, -0.2) is 28.4 Å². The van der Waals surface area contributed by atoms with Crippen molar-refractivity contribution in [3.8, 4) is 0 Å². The molecule has 1 aromatic rings. The van der Waals surface area contributed by atoms with Gasteiger partial charge >= 0.3 is 0 Å². The number of carbonyl (C=O) groups excluding carboxylic acids is 2. The molecule has 2 rings (SSSR count). The maximum Gasteiger partial charge on any atom is 0.296 e. The van der Waals surface area contributed by atoms with Gasteiger partial charge in [0.05, 0.1) is 5.57 Å². The third-order valence-electron chi connectivity index (χ3n) is 2.82. The van der Waals surface area contributed by atoms with Crippen LogP contribution in [0.1, 0.15) is 19.4 Å². The van der Waals surface area contributed by atoms with Gasteiger partial charge in [-0.25, -0.2) is 4.39 Å². The summed E-state index contributed by atoms with van der Waals surface area (Å²) in [5, 5.41) is 9.81. The molecule has 0 spiro atoms. The number of rotatable bonds is 3. The molecule has 0 aromatic heterocycles. The summed E-state index contributed by atoms with van der Waals surface area (Å²) in [5.74, 6) is -2.15. The molecule has 1 N–H and O–H groups in total. The van der Waals surface area contributed by atoms with Gasteiger partial charge in [-0.1, -0.05) is 26.0 Å². The Kier molecular flexibility index (Phi) is 3.38. The van der Waals surface area contributed by atoms with Gasteiger partial charge in [0.1, 0.15) is 5.82 Å². The van der Waals surface area contributed by atoms with Crippen molar-refractivity contribution < 1.29 is 19.1 Å². The second kappa shape index (κ2) is 4.84. The first-order valence-electron chi connectivity index (χ1n) is 5.97. The van der Waals surface area contributed by atoms with Gasteiger partial charge in [-0.05, 0) is 23.6 Å². The summed E-state index contributed by atoms with van der Waals surface area (Å²) in [6, 6.07) is 5.09. The monoisotopic (exact) mass is 263 g/mol. The van der Waals surface area contributed by atoms with E-state index in [0.29, 0.717) is 5.56 Å². The highest BCUT2D eigenvalue weighted by molar-refractivity contribution is 6.34. The molecular weight excluding hydrogens is 249 g/mol. The van der Waals surface area contributed by atoms with Crippen molar-refractivity contribution in [1.82, 2.24) is 4.90 Å². The van der Waals surface area contributed by atoms with Gasteiger partial charge in [-0.15, -0.1) is 0 Å². The molecule has 4 nitrogen and oxygen atoms in total. The minimum absolute atomic E-state index is 0.0642. The Morgan fingerprint density at radius 2 is 1.74 bits per heavy atom. The van der Waals surface area contributed by atoms with Crippen molar-refractivity contribution in [2.24, 2.45) is 5.92 Å². The highest BCUT2D eigenvalue weighted by atomic mass is 19.1. The number of imide groups is 1. The number of hydrogen-bond donors (Lipinski definition) is 1. The lowest BCUT2D eigenvalue weighted by Gasteiger charge is -2.16. The molecule has 1 aliphatic heterocycles. The maximum absolute atomic E-state index is 12.9. The Morgan fingerprint density at radius 1 is 1.16 bits per heavy atom. The average molecular weight is 263 g/mol. The highest BCUT2D eigenvalue weighted by Gasteiger charge is 2.39. The van der Waals surface area contributed by atoms with E-state index in [-0.39, 0.29) is 18.0 Å². The number of amides is 2. The summed E-state index contributed by atoms with van der Waals surface area (Å²) >= 11 is 0. The van der Waals surface area contributed by atoms with Crippen molar-refractivity contribution in [3.05, 3.63) is 41.4 Å². The summed E-state index contributed by atoms with van der Waals surface area (Å²) in [6.07, 6.45) is 0. The van der Waals surface area contributed by atoms with Crippen LogP contribution < -0.4 is 0 Å². The van der Waals surface area contributed by atoms with Gasteiger partial charge < -0.3 is 5.11 Å². The van der Waals surface area contributed by atoms with E-state index in [4.69, 9.17) is 0 Å². The number of nitrogens with zero attached hydrogens (tertiary/aromatic N) is 1. The fourth-order valence-corrected chi connectivity index (χ4v) is 1.97. The second-order valence-corrected chi connectivity index (χ2v) is 4.85. The topological polar surface area (TPSA) is 57.6 Å². The number of aliphatic hydroxyl groups is 1. The predicted octanol–water partition coefficient (Wildman–Crippen LogP) is 2.12. The number of carbonyl (C=O) groups is 2. The summed E-state index contributed by atoms with van der Waals surface area (Å²) in [6.45, 7) is 3.98. The van der Waals surface area contributed by atoms with Crippen LogP contribution in [0.5, 0.6) is 0 Å². The van der Waals surface area contributed by atoms with Crippen LogP contribution in [0.3, 0.4) is 0 Å². The zero-order valence-electron chi connectivity index (χ0n) is 10.7. The fraction of sp³-hybridized carbons (Fsp3) is 0.286. The van der Waals surface area contributed by atoms with Crippen molar-refractivity contribution >= 4 is 17.4 Å². The minimum Gasteiger partial charge on any atom is -0.502 e. The van der Waals surface area contributed by atoms with Gasteiger partial charge in [-0.2, -0.15) is 0 Å². The van der Waals surface area contributed by atoms with Crippen molar-refractivity contribution in [2.45, 2.75) is 13.8 Å². The molecule has 0 radical (unpaired) electrons. The Morgan fingerprint density at radius 3 is 2.26 bits per heavy atom. The van der Waals surface area contributed by atoms with E-state index in [2.05, 4.69) is 0 Å². The van der Waals surface area contributed by atoms with Crippen molar-refractivity contribution in [1.29, 1.82) is 0 Å². The summed E-state index contributed by atoms with van der Waals surface area (Å²) in [4.78, 5) is 25.0. The van der Waals surface area contributed by atoms with Gasteiger partial charge in [0.2, 0.25) is 0 Å². The van der Waals surface area contributed by atoms with Crippen LogP contribution in [0, 0.1) is 11.7 Å². The Balaban J connectivity index is 2.38. The third kappa shape index (κ3) is 2.36. The van der Waals surface area contributed by atoms with E-state index in [1.54, 1.807) is 0 Å². The van der Waals surface area contributed by atoms with Crippen LogP contribution in [0.25, 0.3) is 5.57 Å². The lowest BCUT2D eigenvalue weighted by Crippen LogP contribution is -2.34. The van der Waals surface area contributed by atoms with Gasteiger partial charge in [0.25, 0.3) is 11.8 Å². The molecule has 0 fully saturated rings. The van der Waals surface area contributed by atoms with E-state index >= 15 is 0 Å². The first kappa shape index (κ1) is 13.3. The SMILES string of the molecule is CC(C)CN1C(=O)C(O)=C(c2ccc(F)cc2)C1=O. The Labute approximate surface area is 110 Å². The first-order chi connectivity index (χ1) is 8.91. The summed E-state index contributed by atoms with van der Waals surface area (Å²) < 4.78 is 12.9.